The van der Waals surface area contributed by atoms with Crippen molar-refractivity contribution in [2.75, 3.05) is 24.5 Å². The first-order chi connectivity index (χ1) is 13.6. The first-order valence-electron chi connectivity index (χ1n) is 9.59. The van der Waals surface area contributed by atoms with E-state index < -0.39 is 5.92 Å². The van der Waals surface area contributed by atoms with Gasteiger partial charge in [0.1, 0.15) is 0 Å². The summed E-state index contributed by atoms with van der Waals surface area (Å²) in [5.41, 5.74) is 3.24. The zero-order chi connectivity index (χ0) is 19.5. The standard InChI is InChI=1S/C22H23N3O3/c26-20-12-18(15-25(20)19-8-2-1-3-9-19)22(28)23-13-21(27)24-11-10-16-6-4-5-7-17(16)14-24/h1-9,18H,10-15H2,(H,23,28). The predicted molar refractivity (Wildman–Crippen MR) is 105 cm³/mol. The van der Waals surface area contributed by atoms with Gasteiger partial charge in [0, 0.05) is 31.7 Å². The highest BCUT2D eigenvalue weighted by atomic mass is 16.2. The molecule has 2 aromatic carbocycles. The highest BCUT2D eigenvalue weighted by molar-refractivity contribution is 6.00. The van der Waals surface area contributed by atoms with Crippen molar-refractivity contribution in [3.05, 3.63) is 65.7 Å². The summed E-state index contributed by atoms with van der Waals surface area (Å²) in [5, 5.41) is 2.73. The fourth-order valence-corrected chi connectivity index (χ4v) is 3.87. The number of hydrogen-bond acceptors (Lipinski definition) is 3. The Bertz CT molecular complexity index is 897. The van der Waals surface area contributed by atoms with Gasteiger partial charge in [-0.1, -0.05) is 42.5 Å². The molecule has 0 saturated carbocycles. The smallest absolute Gasteiger partial charge is 0.242 e. The summed E-state index contributed by atoms with van der Waals surface area (Å²) in [7, 11) is 0. The first kappa shape index (κ1) is 18.2. The molecule has 4 rings (SSSR count). The number of carbonyl (C=O) groups is 3. The Balaban J connectivity index is 1.30. The van der Waals surface area contributed by atoms with E-state index in [-0.39, 0.29) is 30.7 Å². The maximum Gasteiger partial charge on any atom is 0.242 e. The van der Waals surface area contributed by atoms with Crippen molar-refractivity contribution in [1.29, 1.82) is 0 Å². The normalized spacial score (nSPS) is 18.7. The van der Waals surface area contributed by atoms with Crippen LogP contribution in [-0.4, -0.2) is 42.3 Å². The minimum absolute atomic E-state index is 0.0307. The lowest BCUT2D eigenvalue weighted by atomic mass is 10.00. The molecule has 144 valence electrons. The molecule has 0 radical (unpaired) electrons. The van der Waals surface area contributed by atoms with Gasteiger partial charge in [0.05, 0.1) is 12.5 Å². The molecule has 2 aliphatic rings. The van der Waals surface area contributed by atoms with Crippen LogP contribution >= 0.6 is 0 Å². The summed E-state index contributed by atoms with van der Waals surface area (Å²) in [6.07, 6.45) is 1.00. The highest BCUT2D eigenvalue weighted by Crippen LogP contribution is 2.25. The number of anilines is 1. The van der Waals surface area contributed by atoms with Gasteiger partial charge in [-0.15, -0.1) is 0 Å². The van der Waals surface area contributed by atoms with E-state index in [1.54, 1.807) is 9.80 Å². The van der Waals surface area contributed by atoms with E-state index >= 15 is 0 Å². The molecular weight excluding hydrogens is 354 g/mol. The Labute approximate surface area is 164 Å². The van der Waals surface area contributed by atoms with Crippen LogP contribution in [0.15, 0.2) is 54.6 Å². The number of para-hydroxylation sites is 1. The third-order valence-corrected chi connectivity index (χ3v) is 5.46. The number of nitrogens with zero attached hydrogens (tertiary/aromatic N) is 2. The van der Waals surface area contributed by atoms with E-state index in [0.717, 1.165) is 17.7 Å². The van der Waals surface area contributed by atoms with Crippen LogP contribution in [0.5, 0.6) is 0 Å². The van der Waals surface area contributed by atoms with Crippen LogP contribution in [0.1, 0.15) is 17.5 Å². The molecule has 2 aromatic rings. The largest absolute Gasteiger partial charge is 0.347 e. The molecule has 2 aliphatic heterocycles. The molecule has 6 nitrogen and oxygen atoms in total. The lowest BCUT2D eigenvalue weighted by molar-refractivity contribution is -0.134. The third-order valence-electron chi connectivity index (χ3n) is 5.46. The average Bonchev–Trinajstić information content (AvgIpc) is 3.13. The minimum Gasteiger partial charge on any atom is -0.347 e. The van der Waals surface area contributed by atoms with Crippen LogP contribution < -0.4 is 10.2 Å². The van der Waals surface area contributed by atoms with Crippen molar-refractivity contribution >= 4 is 23.4 Å². The van der Waals surface area contributed by atoms with Gasteiger partial charge in [0.25, 0.3) is 0 Å². The van der Waals surface area contributed by atoms with E-state index in [1.807, 2.05) is 48.5 Å². The molecular formula is C22H23N3O3. The molecule has 0 spiro atoms. The van der Waals surface area contributed by atoms with E-state index in [1.165, 1.54) is 5.56 Å². The molecule has 28 heavy (non-hydrogen) atoms. The first-order valence-corrected chi connectivity index (χ1v) is 9.59. The zero-order valence-corrected chi connectivity index (χ0v) is 15.6. The Morgan fingerprint density at radius 2 is 1.71 bits per heavy atom. The molecule has 1 unspecified atom stereocenters. The van der Waals surface area contributed by atoms with Crippen LogP contribution in [0.25, 0.3) is 0 Å². The van der Waals surface area contributed by atoms with Crippen molar-refractivity contribution in [1.82, 2.24) is 10.2 Å². The molecule has 1 saturated heterocycles. The Hall–Kier alpha value is -3.15. The number of fused-ring (bicyclic) bond motifs is 1. The maximum atomic E-state index is 12.5. The van der Waals surface area contributed by atoms with Crippen LogP contribution in [0.3, 0.4) is 0 Å². The molecule has 1 N–H and O–H groups in total. The summed E-state index contributed by atoms with van der Waals surface area (Å²) in [6, 6.07) is 17.5. The number of benzene rings is 2. The average molecular weight is 377 g/mol. The van der Waals surface area contributed by atoms with Crippen molar-refractivity contribution < 1.29 is 14.4 Å². The molecule has 0 bridgehead atoms. The summed E-state index contributed by atoms with van der Waals surface area (Å²) in [5.74, 6) is -0.822. The minimum atomic E-state index is -0.428. The second-order valence-corrected chi connectivity index (χ2v) is 7.29. The van der Waals surface area contributed by atoms with Crippen LogP contribution in [0.4, 0.5) is 5.69 Å². The number of hydrogen-bond donors (Lipinski definition) is 1. The Morgan fingerprint density at radius 3 is 2.50 bits per heavy atom. The highest BCUT2D eigenvalue weighted by Gasteiger charge is 2.35. The van der Waals surface area contributed by atoms with E-state index in [4.69, 9.17) is 0 Å². The van der Waals surface area contributed by atoms with Crippen LogP contribution in [0.2, 0.25) is 0 Å². The monoisotopic (exact) mass is 377 g/mol. The fourth-order valence-electron chi connectivity index (χ4n) is 3.87. The van der Waals surface area contributed by atoms with Crippen LogP contribution in [0, 0.1) is 5.92 Å². The van der Waals surface area contributed by atoms with E-state index in [9.17, 15) is 14.4 Å². The van der Waals surface area contributed by atoms with Gasteiger partial charge >= 0.3 is 0 Å². The SMILES string of the molecule is O=C(NCC(=O)N1CCc2ccccc2C1)C1CC(=O)N(c2ccccc2)C1. The molecule has 6 heteroatoms. The topological polar surface area (TPSA) is 69.7 Å². The number of carbonyl (C=O) groups excluding carboxylic acids is 3. The van der Waals surface area contributed by atoms with Crippen LogP contribution in [-0.2, 0) is 27.3 Å². The lowest BCUT2D eigenvalue weighted by Crippen LogP contribution is -2.44. The lowest BCUT2D eigenvalue weighted by Gasteiger charge is -2.29. The van der Waals surface area contributed by atoms with Gasteiger partial charge in [-0.2, -0.15) is 0 Å². The van der Waals surface area contributed by atoms with Gasteiger partial charge in [0.2, 0.25) is 17.7 Å². The zero-order valence-electron chi connectivity index (χ0n) is 15.6. The predicted octanol–water partition coefficient (Wildman–Crippen LogP) is 1.74. The summed E-state index contributed by atoms with van der Waals surface area (Å²) in [6.45, 7) is 1.56. The molecule has 1 fully saturated rings. The van der Waals surface area contributed by atoms with Gasteiger partial charge in [0.15, 0.2) is 0 Å². The molecule has 0 aliphatic carbocycles. The second-order valence-electron chi connectivity index (χ2n) is 7.29. The van der Waals surface area contributed by atoms with Crippen molar-refractivity contribution in [2.24, 2.45) is 5.92 Å². The van der Waals surface area contributed by atoms with Gasteiger partial charge in [-0.05, 0) is 29.7 Å². The van der Waals surface area contributed by atoms with Gasteiger partial charge in [-0.25, -0.2) is 0 Å². The summed E-state index contributed by atoms with van der Waals surface area (Å²) < 4.78 is 0. The Morgan fingerprint density at radius 1 is 1.00 bits per heavy atom. The van der Waals surface area contributed by atoms with E-state index in [2.05, 4.69) is 11.4 Å². The second kappa shape index (κ2) is 7.84. The van der Waals surface area contributed by atoms with Gasteiger partial charge in [-0.3, -0.25) is 14.4 Å². The maximum absolute atomic E-state index is 12.5. The van der Waals surface area contributed by atoms with Crippen molar-refractivity contribution in [3.63, 3.8) is 0 Å². The quantitative estimate of drug-likeness (QED) is 0.882. The third kappa shape index (κ3) is 3.76. The van der Waals surface area contributed by atoms with Gasteiger partial charge < -0.3 is 15.1 Å². The molecule has 1 atom stereocenters. The van der Waals surface area contributed by atoms with E-state index in [0.29, 0.717) is 19.6 Å². The summed E-state index contributed by atoms with van der Waals surface area (Å²) >= 11 is 0. The molecule has 3 amide bonds. The Kier molecular flexibility index (Phi) is 5.10. The van der Waals surface area contributed by atoms with Crippen molar-refractivity contribution in [3.8, 4) is 0 Å². The number of rotatable bonds is 4. The number of amides is 3. The van der Waals surface area contributed by atoms with Crippen molar-refractivity contribution in [2.45, 2.75) is 19.4 Å². The molecule has 2 heterocycles. The summed E-state index contributed by atoms with van der Waals surface area (Å²) in [4.78, 5) is 40.7. The molecule has 0 aromatic heterocycles. The fraction of sp³-hybridized carbons (Fsp3) is 0.318. The number of nitrogens with one attached hydrogen (secondary N) is 1.